The number of aryl methyl sites for hydroxylation is 2. The summed E-state index contributed by atoms with van der Waals surface area (Å²) in [6.07, 6.45) is 3.81. The number of pyridine rings is 1. The number of benzene rings is 2. The summed E-state index contributed by atoms with van der Waals surface area (Å²) in [6, 6.07) is 16.9. The lowest BCUT2D eigenvalue weighted by molar-refractivity contribution is -0.118. The molecule has 4 aromatic rings. The van der Waals surface area contributed by atoms with Crippen LogP contribution >= 0.6 is 11.3 Å². The molecule has 2 aromatic heterocycles. The predicted molar refractivity (Wildman–Crippen MR) is 138 cm³/mol. The van der Waals surface area contributed by atoms with Crippen molar-refractivity contribution in [2.45, 2.75) is 39.0 Å². The van der Waals surface area contributed by atoms with E-state index >= 15 is 0 Å². The highest BCUT2D eigenvalue weighted by Crippen LogP contribution is 2.33. The molecule has 0 aliphatic heterocycles. The van der Waals surface area contributed by atoms with Gasteiger partial charge in [-0.05, 0) is 54.7 Å². The van der Waals surface area contributed by atoms with Gasteiger partial charge in [-0.3, -0.25) is 14.7 Å². The van der Waals surface area contributed by atoms with Gasteiger partial charge in [-0.15, -0.1) is 0 Å². The van der Waals surface area contributed by atoms with Crippen LogP contribution in [0.15, 0.2) is 67.0 Å². The van der Waals surface area contributed by atoms with E-state index in [4.69, 9.17) is 4.98 Å². The monoisotopic (exact) mass is 493 g/mol. The fourth-order valence-electron chi connectivity index (χ4n) is 3.75. The number of aromatic nitrogens is 2. The third kappa shape index (κ3) is 5.87. The fraction of sp³-hybridized carbons (Fsp3) is 0.269. The third-order valence-corrected chi connectivity index (χ3v) is 8.47. The zero-order chi connectivity index (χ0) is 24.1. The molecule has 2 heterocycles. The number of fused-ring (bicyclic) bond motifs is 1. The Bertz CT molecular complexity index is 1390. The first-order chi connectivity index (χ1) is 16.3. The molecule has 8 heteroatoms. The van der Waals surface area contributed by atoms with Crippen molar-refractivity contribution in [3.8, 4) is 0 Å². The summed E-state index contributed by atoms with van der Waals surface area (Å²) in [5.74, 6) is -0.197. The number of amides is 1. The Kier molecular flexibility index (Phi) is 7.38. The van der Waals surface area contributed by atoms with Crippen molar-refractivity contribution >= 4 is 42.4 Å². The minimum absolute atomic E-state index is 0.0159. The third-order valence-electron chi connectivity index (χ3n) is 5.74. The van der Waals surface area contributed by atoms with E-state index in [1.807, 2.05) is 50.2 Å². The SMILES string of the molecule is Cc1ccc2sc(N(Cc3cccnc3)C(=O)CCCS(=O)(=O)Cc3ccccc3)nc2c1C. The van der Waals surface area contributed by atoms with Crippen LogP contribution in [-0.2, 0) is 26.9 Å². The van der Waals surface area contributed by atoms with Gasteiger partial charge in [-0.25, -0.2) is 13.4 Å². The van der Waals surface area contributed by atoms with E-state index < -0.39 is 9.84 Å². The van der Waals surface area contributed by atoms with Gasteiger partial charge in [0, 0.05) is 18.8 Å². The average Bonchev–Trinajstić information content (AvgIpc) is 3.25. The van der Waals surface area contributed by atoms with Gasteiger partial charge in [-0.2, -0.15) is 0 Å². The molecule has 0 aliphatic carbocycles. The Hall–Kier alpha value is -3.10. The Morgan fingerprint density at radius 3 is 2.50 bits per heavy atom. The van der Waals surface area contributed by atoms with Crippen molar-refractivity contribution < 1.29 is 13.2 Å². The number of hydrogen-bond acceptors (Lipinski definition) is 6. The van der Waals surface area contributed by atoms with Crippen molar-refractivity contribution in [3.63, 3.8) is 0 Å². The van der Waals surface area contributed by atoms with Crippen LogP contribution in [-0.4, -0.2) is 30.0 Å². The summed E-state index contributed by atoms with van der Waals surface area (Å²) in [5.41, 5.74) is 4.79. The van der Waals surface area contributed by atoms with Gasteiger partial charge in [0.15, 0.2) is 15.0 Å². The molecule has 0 bridgehead atoms. The molecular weight excluding hydrogens is 466 g/mol. The summed E-state index contributed by atoms with van der Waals surface area (Å²) in [5, 5.41) is 0.615. The number of nitrogens with zero attached hydrogens (tertiary/aromatic N) is 3. The molecule has 0 spiro atoms. The Morgan fingerprint density at radius 1 is 1.00 bits per heavy atom. The summed E-state index contributed by atoms with van der Waals surface area (Å²) in [7, 11) is -3.30. The largest absolute Gasteiger partial charge is 0.284 e. The molecule has 0 saturated carbocycles. The number of anilines is 1. The molecule has 176 valence electrons. The van der Waals surface area contributed by atoms with E-state index in [9.17, 15) is 13.2 Å². The maximum absolute atomic E-state index is 13.3. The van der Waals surface area contributed by atoms with E-state index in [0.29, 0.717) is 11.7 Å². The lowest BCUT2D eigenvalue weighted by Crippen LogP contribution is -2.30. The molecular formula is C26H27N3O3S2. The highest BCUT2D eigenvalue weighted by Gasteiger charge is 2.22. The molecule has 0 atom stereocenters. The second-order valence-corrected chi connectivity index (χ2v) is 11.6. The average molecular weight is 494 g/mol. The zero-order valence-corrected chi connectivity index (χ0v) is 20.9. The van der Waals surface area contributed by atoms with Gasteiger partial charge >= 0.3 is 0 Å². The van der Waals surface area contributed by atoms with Gasteiger partial charge in [0.2, 0.25) is 5.91 Å². The second kappa shape index (κ2) is 10.4. The van der Waals surface area contributed by atoms with Crippen molar-refractivity contribution in [2.75, 3.05) is 10.7 Å². The molecule has 1 amide bonds. The van der Waals surface area contributed by atoms with E-state index in [1.54, 1.807) is 29.4 Å². The second-order valence-electron chi connectivity index (χ2n) is 8.37. The molecule has 6 nitrogen and oxygen atoms in total. The minimum atomic E-state index is -3.30. The smallest absolute Gasteiger partial charge is 0.229 e. The molecule has 0 radical (unpaired) electrons. The first-order valence-electron chi connectivity index (χ1n) is 11.1. The predicted octanol–water partition coefficient (Wildman–Crippen LogP) is 5.24. The van der Waals surface area contributed by atoms with Crippen molar-refractivity contribution in [2.24, 2.45) is 0 Å². The standard InChI is InChI=1S/C26H27N3O3S2/c1-19-12-13-23-25(20(19)2)28-26(33-23)29(17-22-10-6-14-27-16-22)24(30)11-7-15-34(31,32)18-21-8-4-3-5-9-21/h3-6,8-10,12-14,16H,7,11,15,17-18H2,1-2H3. The van der Waals surface area contributed by atoms with Crippen molar-refractivity contribution in [1.29, 1.82) is 0 Å². The van der Waals surface area contributed by atoms with Crippen LogP contribution in [0, 0.1) is 13.8 Å². The van der Waals surface area contributed by atoms with Crippen LogP contribution in [0.1, 0.15) is 35.1 Å². The topological polar surface area (TPSA) is 80.2 Å². The minimum Gasteiger partial charge on any atom is -0.284 e. The molecule has 0 aliphatic rings. The lowest BCUT2D eigenvalue weighted by atomic mass is 10.1. The number of rotatable bonds is 9. The first-order valence-corrected chi connectivity index (χ1v) is 13.8. The number of carbonyl (C=O) groups is 1. The Morgan fingerprint density at radius 2 is 1.76 bits per heavy atom. The first kappa shape index (κ1) is 24.0. The highest BCUT2D eigenvalue weighted by atomic mass is 32.2. The van der Waals surface area contributed by atoms with Crippen LogP contribution < -0.4 is 4.90 Å². The summed E-state index contributed by atoms with van der Waals surface area (Å²) in [4.78, 5) is 23.9. The Balaban J connectivity index is 1.51. The molecule has 0 fully saturated rings. The highest BCUT2D eigenvalue weighted by molar-refractivity contribution is 7.90. The van der Waals surface area contributed by atoms with Crippen LogP contribution in [0.5, 0.6) is 0 Å². The van der Waals surface area contributed by atoms with Crippen molar-refractivity contribution in [1.82, 2.24) is 9.97 Å². The molecule has 34 heavy (non-hydrogen) atoms. The summed E-state index contributed by atoms with van der Waals surface area (Å²) >= 11 is 1.47. The van der Waals surface area contributed by atoms with Gasteiger partial charge in [-0.1, -0.05) is 53.8 Å². The van der Waals surface area contributed by atoms with Gasteiger partial charge < -0.3 is 0 Å². The van der Waals surface area contributed by atoms with E-state index in [0.717, 1.165) is 32.5 Å². The van der Waals surface area contributed by atoms with Gasteiger partial charge in [0.05, 0.1) is 28.3 Å². The number of sulfone groups is 1. The lowest BCUT2D eigenvalue weighted by Gasteiger charge is -2.20. The van der Waals surface area contributed by atoms with E-state index in [1.165, 1.54) is 11.3 Å². The van der Waals surface area contributed by atoms with E-state index in [-0.39, 0.29) is 30.3 Å². The van der Waals surface area contributed by atoms with Crippen LogP contribution in [0.3, 0.4) is 0 Å². The maximum atomic E-state index is 13.3. The zero-order valence-electron chi connectivity index (χ0n) is 19.3. The fourth-order valence-corrected chi connectivity index (χ4v) is 6.22. The molecule has 2 aromatic carbocycles. The molecule has 0 saturated heterocycles. The summed E-state index contributed by atoms with van der Waals surface area (Å²) in [6.45, 7) is 4.41. The normalized spacial score (nSPS) is 11.6. The van der Waals surface area contributed by atoms with Crippen LogP contribution in [0.4, 0.5) is 5.13 Å². The van der Waals surface area contributed by atoms with Gasteiger partial charge in [0.1, 0.15) is 0 Å². The number of hydrogen-bond donors (Lipinski definition) is 0. The molecule has 0 unspecified atom stereocenters. The van der Waals surface area contributed by atoms with Gasteiger partial charge in [0.25, 0.3) is 0 Å². The Labute approximate surface area is 204 Å². The molecule has 0 N–H and O–H groups in total. The summed E-state index contributed by atoms with van der Waals surface area (Å²) < 4.78 is 26.1. The van der Waals surface area contributed by atoms with Crippen LogP contribution in [0.2, 0.25) is 0 Å². The number of carbonyl (C=O) groups excluding carboxylic acids is 1. The maximum Gasteiger partial charge on any atom is 0.229 e. The van der Waals surface area contributed by atoms with E-state index in [2.05, 4.69) is 11.1 Å². The molecule has 4 rings (SSSR count). The number of thiazole rings is 1. The van der Waals surface area contributed by atoms with Crippen molar-refractivity contribution in [3.05, 3.63) is 89.2 Å². The quantitative estimate of drug-likeness (QED) is 0.319. The van der Waals surface area contributed by atoms with Crippen LogP contribution in [0.25, 0.3) is 10.2 Å².